The van der Waals surface area contributed by atoms with Crippen molar-refractivity contribution in [3.63, 3.8) is 0 Å². The number of ether oxygens (including phenoxy) is 1. The maximum absolute atomic E-state index is 13.6. The number of benzene rings is 2. The van der Waals surface area contributed by atoms with Crippen molar-refractivity contribution in [3.8, 4) is 0 Å². The quantitative estimate of drug-likeness (QED) is 0.777. The highest BCUT2D eigenvalue weighted by atomic mass is 19.1. The fraction of sp³-hybridized carbons (Fsp3) is 0.333. The van der Waals surface area contributed by atoms with Gasteiger partial charge >= 0.3 is 5.97 Å². The number of aryl methyl sites for hydroxylation is 1. The van der Waals surface area contributed by atoms with Crippen LogP contribution in [-0.2, 0) is 9.53 Å². The summed E-state index contributed by atoms with van der Waals surface area (Å²) in [5.41, 5.74) is 1.68. The van der Waals surface area contributed by atoms with Crippen molar-refractivity contribution in [2.24, 2.45) is 0 Å². The molecule has 2 aromatic rings. The maximum atomic E-state index is 13.6. The molecule has 3 rings (SSSR count). The van der Waals surface area contributed by atoms with Crippen molar-refractivity contribution in [2.45, 2.75) is 20.0 Å². The second-order valence-electron chi connectivity index (χ2n) is 6.66. The van der Waals surface area contributed by atoms with Gasteiger partial charge in [0.05, 0.1) is 5.56 Å². The Labute approximate surface area is 158 Å². The molecule has 0 aliphatic carbocycles. The zero-order chi connectivity index (χ0) is 19.4. The number of nitrogens with zero attached hydrogens (tertiary/aromatic N) is 2. The maximum Gasteiger partial charge on any atom is 0.339 e. The number of piperazine rings is 1. The molecule has 0 bridgehead atoms. The lowest BCUT2D eigenvalue weighted by molar-refractivity contribution is -0.140. The van der Waals surface area contributed by atoms with Crippen LogP contribution in [0.15, 0.2) is 48.5 Å². The van der Waals surface area contributed by atoms with E-state index in [1.54, 1.807) is 18.7 Å². The molecule has 1 amide bonds. The van der Waals surface area contributed by atoms with E-state index >= 15 is 0 Å². The van der Waals surface area contributed by atoms with Crippen LogP contribution in [0, 0.1) is 12.7 Å². The van der Waals surface area contributed by atoms with Crippen LogP contribution < -0.4 is 4.90 Å². The van der Waals surface area contributed by atoms with E-state index in [0.717, 1.165) is 24.8 Å². The molecule has 1 atom stereocenters. The van der Waals surface area contributed by atoms with Gasteiger partial charge in [-0.05, 0) is 43.7 Å². The van der Waals surface area contributed by atoms with Crippen LogP contribution in [0.1, 0.15) is 22.8 Å². The fourth-order valence-corrected chi connectivity index (χ4v) is 3.08. The van der Waals surface area contributed by atoms with Crippen molar-refractivity contribution in [2.75, 3.05) is 31.1 Å². The highest BCUT2D eigenvalue weighted by molar-refractivity contribution is 5.92. The van der Waals surface area contributed by atoms with Crippen molar-refractivity contribution in [1.82, 2.24) is 4.90 Å². The highest BCUT2D eigenvalue weighted by Gasteiger charge is 2.27. The summed E-state index contributed by atoms with van der Waals surface area (Å²) >= 11 is 0. The Hall–Kier alpha value is -2.89. The molecule has 0 spiro atoms. The lowest BCUT2D eigenvalue weighted by Crippen LogP contribution is -2.51. The zero-order valence-corrected chi connectivity index (χ0v) is 15.5. The Kier molecular flexibility index (Phi) is 5.74. The summed E-state index contributed by atoms with van der Waals surface area (Å²) < 4.78 is 18.9. The number of halogens is 1. The van der Waals surface area contributed by atoms with Crippen molar-refractivity contribution < 1.29 is 18.7 Å². The van der Waals surface area contributed by atoms with Crippen LogP contribution in [0.5, 0.6) is 0 Å². The summed E-state index contributed by atoms with van der Waals surface area (Å²) in [6.45, 7) is 5.74. The molecule has 1 unspecified atom stereocenters. The average molecular weight is 370 g/mol. The average Bonchev–Trinajstić information content (AvgIpc) is 2.70. The summed E-state index contributed by atoms with van der Waals surface area (Å²) in [6.07, 6.45) is -0.912. The zero-order valence-electron chi connectivity index (χ0n) is 15.5. The molecule has 1 aliphatic heterocycles. The number of anilines is 1. The molecule has 1 saturated heterocycles. The Morgan fingerprint density at radius 1 is 1.04 bits per heavy atom. The summed E-state index contributed by atoms with van der Waals surface area (Å²) in [7, 11) is 0. The summed E-state index contributed by atoms with van der Waals surface area (Å²) in [6, 6.07) is 14.2. The minimum atomic E-state index is -0.912. The number of amides is 1. The number of carbonyl (C=O) groups excluding carboxylic acids is 2. The third-order valence-corrected chi connectivity index (χ3v) is 4.75. The molecule has 0 N–H and O–H groups in total. The van der Waals surface area contributed by atoms with Crippen molar-refractivity contribution in [3.05, 3.63) is 65.5 Å². The Morgan fingerprint density at radius 2 is 1.70 bits per heavy atom. The smallest absolute Gasteiger partial charge is 0.339 e. The number of esters is 1. The van der Waals surface area contributed by atoms with E-state index in [1.165, 1.54) is 12.1 Å². The van der Waals surface area contributed by atoms with Crippen LogP contribution in [0.3, 0.4) is 0 Å². The molecule has 6 heteroatoms. The fourth-order valence-electron chi connectivity index (χ4n) is 3.08. The lowest BCUT2D eigenvalue weighted by atomic mass is 10.1. The van der Waals surface area contributed by atoms with E-state index < -0.39 is 17.9 Å². The molecule has 27 heavy (non-hydrogen) atoms. The lowest BCUT2D eigenvalue weighted by Gasteiger charge is -2.37. The number of hydrogen-bond acceptors (Lipinski definition) is 4. The van der Waals surface area contributed by atoms with Crippen LogP contribution >= 0.6 is 0 Å². The van der Waals surface area contributed by atoms with Gasteiger partial charge < -0.3 is 14.5 Å². The molecule has 0 radical (unpaired) electrons. The van der Waals surface area contributed by atoms with Gasteiger partial charge in [-0.25, -0.2) is 9.18 Å². The molecule has 1 aliphatic rings. The standard InChI is InChI=1S/C21H23FN2O3/c1-15-8-9-17(14-19(15)22)21(26)27-16(2)20(25)24-12-10-23(11-13-24)18-6-4-3-5-7-18/h3-9,14,16H,10-13H2,1-2H3. The Morgan fingerprint density at radius 3 is 2.33 bits per heavy atom. The van der Waals surface area contributed by atoms with E-state index in [0.29, 0.717) is 18.7 Å². The molecular formula is C21H23FN2O3. The second-order valence-corrected chi connectivity index (χ2v) is 6.66. The van der Waals surface area contributed by atoms with Gasteiger partial charge in [0, 0.05) is 31.9 Å². The van der Waals surface area contributed by atoms with E-state index in [-0.39, 0.29) is 11.5 Å². The molecule has 0 saturated carbocycles. The van der Waals surface area contributed by atoms with E-state index in [4.69, 9.17) is 4.74 Å². The monoisotopic (exact) mass is 370 g/mol. The van der Waals surface area contributed by atoms with Gasteiger partial charge in [-0.3, -0.25) is 4.79 Å². The van der Waals surface area contributed by atoms with Crippen LogP contribution in [0.2, 0.25) is 0 Å². The summed E-state index contributed by atoms with van der Waals surface area (Å²) in [5.74, 6) is -1.40. The van der Waals surface area contributed by atoms with Crippen LogP contribution in [0.4, 0.5) is 10.1 Å². The third kappa shape index (κ3) is 4.45. The van der Waals surface area contributed by atoms with Gasteiger partial charge in [-0.1, -0.05) is 24.3 Å². The number of rotatable bonds is 4. The van der Waals surface area contributed by atoms with Gasteiger partial charge in [0.2, 0.25) is 0 Å². The van der Waals surface area contributed by atoms with Gasteiger partial charge in [-0.2, -0.15) is 0 Å². The molecule has 2 aromatic carbocycles. The molecule has 1 fully saturated rings. The molecule has 0 aromatic heterocycles. The van der Waals surface area contributed by atoms with Crippen LogP contribution in [0.25, 0.3) is 0 Å². The van der Waals surface area contributed by atoms with E-state index in [1.807, 2.05) is 30.3 Å². The first kappa shape index (κ1) is 18.9. The topological polar surface area (TPSA) is 49.9 Å². The largest absolute Gasteiger partial charge is 0.449 e. The Bertz CT molecular complexity index is 817. The first-order chi connectivity index (χ1) is 13.0. The van der Waals surface area contributed by atoms with Gasteiger partial charge in [0.1, 0.15) is 5.82 Å². The first-order valence-electron chi connectivity index (χ1n) is 9.01. The predicted molar refractivity (Wildman–Crippen MR) is 101 cm³/mol. The van der Waals surface area contributed by atoms with Crippen LogP contribution in [-0.4, -0.2) is 49.1 Å². The normalized spacial score (nSPS) is 15.4. The second kappa shape index (κ2) is 8.20. The SMILES string of the molecule is Cc1ccc(C(=O)OC(C)C(=O)N2CCN(c3ccccc3)CC2)cc1F. The summed E-state index contributed by atoms with van der Waals surface area (Å²) in [4.78, 5) is 28.7. The molecule has 1 heterocycles. The van der Waals surface area contributed by atoms with Gasteiger partial charge in [0.25, 0.3) is 5.91 Å². The Balaban J connectivity index is 1.55. The summed E-state index contributed by atoms with van der Waals surface area (Å²) in [5, 5.41) is 0. The predicted octanol–water partition coefficient (Wildman–Crippen LogP) is 3.03. The van der Waals surface area contributed by atoms with Gasteiger partial charge in [-0.15, -0.1) is 0 Å². The molecular weight excluding hydrogens is 347 g/mol. The highest BCUT2D eigenvalue weighted by Crippen LogP contribution is 2.17. The number of para-hydroxylation sites is 1. The first-order valence-corrected chi connectivity index (χ1v) is 9.01. The molecule has 5 nitrogen and oxygen atoms in total. The molecule has 142 valence electrons. The minimum absolute atomic E-state index is 0.103. The van der Waals surface area contributed by atoms with Crippen molar-refractivity contribution >= 4 is 17.6 Å². The number of hydrogen-bond donors (Lipinski definition) is 0. The minimum Gasteiger partial charge on any atom is -0.449 e. The van der Waals surface area contributed by atoms with E-state index in [2.05, 4.69) is 4.90 Å². The van der Waals surface area contributed by atoms with Gasteiger partial charge in [0.15, 0.2) is 6.10 Å². The van der Waals surface area contributed by atoms with Crippen molar-refractivity contribution in [1.29, 1.82) is 0 Å². The number of carbonyl (C=O) groups is 2. The third-order valence-electron chi connectivity index (χ3n) is 4.75. The van der Waals surface area contributed by atoms with E-state index in [9.17, 15) is 14.0 Å².